The first-order valence-corrected chi connectivity index (χ1v) is 9.31. The second kappa shape index (κ2) is 8.24. The standard InChI is InChI=1S/C21H19N3O6/c1-24-20(26)15-7-3-2-6-14(15)19(23-24)21(27)29-12-18(25)22-10-13-11-28-16-8-4-5-9-17(16)30-13/h2-9,13H,10-12H2,1H3,(H,22,25). The van der Waals surface area contributed by atoms with E-state index in [0.717, 1.165) is 4.68 Å². The van der Waals surface area contributed by atoms with E-state index in [0.29, 0.717) is 28.9 Å². The summed E-state index contributed by atoms with van der Waals surface area (Å²) < 4.78 is 17.5. The Kier molecular flexibility index (Phi) is 5.34. The van der Waals surface area contributed by atoms with Crippen LogP contribution in [-0.2, 0) is 16.6 Å². The van der Waals surface area contributed by atoms with Gasteiger partial charge >= 0.3 is 5.97 Å². The molecule has 30 heavy (non-hydrogen) atoms. The largest absolute Gasteiger partial charge is 0.486 e. The maximum Gasteiger partial charge on any atom is 0.359 e. The third-order valence-electron chi connectivity index (χ3n) is 4.58. The number of amides is 1. The number of aromatic nitrogens is 2. The van der Waals surface area contributed by atoms with Crippen molar-refractivity contribution in [3.05, 3.63) is 64.6 Å². The summed E-state index contributed by atoms with van der Waals surface area (Å²) >= 11 is 0. The van der Waals surface area contributed by atoms with Gasteiger partial charge in [0.25, 0.3) is 11.5 Å². The van der Waals surface area contributed by atoms with Crippen LogP contribution in [0.4, 0.5) is 0 Å². The average molecular weight is 409 g/mol. The van der Waals surface area contributed by atoms with Crippen LogP contribution >= 0.6 is 0 Å². The van der Waals surface area contributed by atoms with Gasteiger partial charge < -0.3 is 19.5 Å². The SMILES string of the molecule is Cn1nc(C(=O)OCC(=O)NCC2COc3ccccc3O2)c2ccccc2c1=O. The summed E-state index contributed by atoms with van der Waals surface area (Å²) in [4.78, 5) is 36.7. The summed E-state index contributed by atoms with van der Waals surface area (Å²) in [6, 6.07) is 13.9. The molecule has 0 aliphatic carbocycles. The van der Waals surface area contributed by atoms with Crippen LogP contribution in [0, 0.1) is 0 Å². The maximum absolute atomic E-state index is 12.4. The van der Waals surface area contributed by atoms with Crippen LogP contribution in [0.15, 0.2) is 53.3 Å². The molecule has 0 saturated heterocycles. The van der Waals surface area contributed by atoms with Crippen molar-refractivity contribution < 1.29 is 23.8 Å². The van der Waals surface area contributed by atoms with E-state index in [1.165, 1.54) is 7.05 Å². The number of nitrogens with zero attached hydrogens (tertiary/aromatic N) is 2. The highest BCUT2D eigenvalue weighted by Crippen LogP contribution is 2.30. The zero-order valence-electron chi connectivity index (χ0n) is 16.2. The van der Waals surface area contributed by atoms with Gasteiger partial charge in [0.2, 0.25) is 0 Å². The van der Waals surface area contributed by atoms with Crippen molar-refractivity contribution in [3.63, 3.8) is 0 Å². The van der Waals surface area contributed by atoms with E-state index in [1.807, 2.05) is 12.1 Å². The Morgan fingerprint density at radius 3 is 2.63 bits per heavy atom. The summed E-state index contributed by atoms with van der Waals surface area (Å²) in [6.45, 7) is 0.0125. The highest BCUT2D eigenvalue weighted by atomic mass is 16.6. The van der Waals surface area contributed by atoms with Crippen molar-refractivity contribution in [3.8, 4) is 11.5 Å². The molecule has 3 aromatic rings. The fourth-order valence-electron chi connectivity index (χ4n) is 3.09. The molecule has 1 N–H and O–H groups in total. The fourth-order valence-corrected chi connectivity index (χ4v) is 3.09. The lowest BCUT2D eigenvalue weighted by Crippen LogP contribution is -2.42. The van der Waals surface area contributed by atoms with E-state index in [4.69, 9.17) is 14.2 Å². The van der Waals surface area contributed by atoms with Crippen molar-refractivity contribution in [2.45, 2.75) is 6.10 Å². The van der Waals surface area contributed by atoms with E-state index in [9.17, 15) is 14.4 Å². The number of aryl methyl sites for hydroxylation is 1. The van der Waals surface area contributed by atoms with Gasteiger partial charge in [-0.3, -0.25) is 9.59 Å². The maximum atomic E-state index is 12.4. The van der Waals surface area contributed by atoms with Gasteiger partial charge in [-0.1, -0.05) is 30.3 Å². The van der Waals surface area contributed by atoms with E-state index in [1.54, 1.807) is 36.4 Å². The van der Waals surface area contributed by atoms with Crippen LogP contribution in [0.25, 0.3) is 10.8 Å². The Bertz CT molecular complexity index is 1170. The zero-order valence-corrected chi connectivity index (χ0v) is 16.2. The number of carbonyl (C=O) groups is 2. The van der Waals surface area contributed by atoms with Crippen LogP contribution in [0.5, 0.6) is 11.5 Å². The zero-order chi connectivity index (χ0) is 21.1. The minimum absolute atomic E-state index is 0.0267. The molecule has 0 fully saturated rings. The summed E-state index contributed by atoms with van der Waals surface area (Å²) in [5.74, 6) is -0.00359. The molecule has 9 heteroatoms. The number of esters is 1. The van der Waals surface area contributed by atoms with Crippen LogP contribution in [0.1, 0.15) is 10.5 Å². The third-order valence-corrected chi connectivity index (χ3v) is 4.58. The molecule has 1 amide bonds. The van der Waals surface area contributed by atoms with Gasteiger partial charge in [0, 0.05) is 12.4 Å². The van der Waals surface area contributed by atoms with Crippen molar-refractivity contribution in [1.82, 2.24) is 15.1 Å². The quantitative estimate of drug-likeness (QED) is 0.628. The van der Waals surface area contributed by atoms with E-state index in [2.05, 4.69) is 10.4 Å². The highest BCUT2D eigenvalue weighted by molar-refractivity contribution is 6.02. The van der Waals surface area contributed by atoms with Crippen molar-refractivity contribution in [2.75, 3.05) is 19.8 Å². The Morgan fingerprint density at radius 1 is 1.13 bits per heavy atom. The molecule has 0 saturated carbocycles. The van der Waals surface area contributed by atoms with Gasteiger partial charge in [-0.15, -0.1) is 0 Å². The van der Waals surface area contributed by atoms with Gasteiger partial charge in [-0.2, -0.15) is 5.10 Å². The Morgan fingerprint density at radius 2 is 1.83 bits per heavy atom. The predicted octanol–water partition coefficient (Wildman–Crippen LogP) is 1.05. The van der Waals surface area contributed by atoms with E-state index < -0.39 is 18.5 Å². The molecule has 1 aliphatic rings. The average Bonchev–Trinajstić information content (AvgIpc) is 2.78. The molecule has 1 aromatic heterocycles. The molecule has 0 spiro atoms. The number of benzene rings is 2. The first-order valence-electron chi connectivity index (χ1n) is 9.31. The Labute approximate surface area is 171 Å². The summed E-state index contributed by atoms with van der Waals surface area (Å²) in [7, 11) is 1.45. The van der Waals surface area contributed by atoms with Crippen LogP contribution in [0.3, 0.4) is 0 Å². The number of para-hydroxylation sites is 2. The molecule has 1 aliphatic heterocycles. The lowest BCUT2D eigenvalue weighted by Gasteiger charge is -2.26. The Hall–Kier alpha value is -3.88. The number of fused-ring (bicyclic) bond motifs is 2. The summed E-state index contributed by atoms with van der Waals surface area (Å²) in [5, 5.41) is 7.35. The fraction of sp³-hybridized carbons (Fsp3) is 0.238. The molecule has 2 aromatic carbocycles. The Balaban J connectivity index is 1.34. The number of rotatable bonds is 5. The predicted molar refractivity (Wildman–Crippen MR) is 107 cm³/mol. The topological polar surface area (TPSA) is 109 Å². The summed E-state index contributed by atoms with van der Waals surface area (Å²) in [5.41, 5.74) is -0.350. The highest BCUT2D eigenvalue weighted by Gasteiger charge is 2.22. The normalized spacial score (nSPS) is 14.9. The molecular formula is C21H19N3O6. The number of hydrogen-bond acceptors (Lipinski definition) is 7. The van der Waals surface area contributed by atoms with Crippen molar-refractivity contribution in [1.29, 1.82) is 0 Å². The second-order valence-electron chi connectivity index (χ2n) is 6.70. The van der Waals surface area contributed by atoms with Crippen molar-refractivity contribution in [2.24, 2.45) is 7.05 Å². The van der Waals surface area contributed by atoms with Gasteiger partial charge in [0.1, 0.15) is 12.7 Å². The first-order chi connectivity index (χ1) is 14.5. The lowest BCUT2D eigenvalue weighted by atomic mass is 10.1. The molecule has 154 valence electrons. The lowest BCUT2D eigenvalue weighted by molar-refractivity contribution is -0.124. The van der Waals surface area contributed by atoms with E-state index in [-0.39, 0.29) is 23.9 Å². The number of carbonyl (C=O) groups excluding carboxylic acids is 2. The van der Waals surface area contributed by atoms with Crippen LogP contribution in [-0.4, -0.2) is 47.5 Å². The molecule has 0 radical (unpaired) electrons. The second-order valence-corrected chi connectivity index (χ2v) is 6.70. The minimum Gasteiger partial charge on any atom is -0.486 e. The van der Waals surface area contributed by atoms with Crippen molar-refractivity contribution >= 4 is 22.6 Å². The molecule has 1 atom stereocenters. The molecular weight excluding hydrogens is 390 g/mol. The first kappa shape index (κ1) is 19.4. The molecule has 2 heterocycles. The molecule has 4 rings (SSSR count). The van der Waals surface area contributed by atoms with Gasteiger partial charge in [0.05, 0.1) is 11.9 Å². The van der Waals surface area contributed by atoms with Gasteiger partial charge in [-0.05, 0) is 18.2 Å². The minimum atomic E-state index is -0.789. The number of ether oxygens (including phenoxy) is 3. The number of hydrogen-bond donors (Lipinski definition) is 1. The van der Waals surface area contributed by atoms with Crippen LogP contribution in [0.2, 0.25) is 0 Å². The smallest absolute Gasteiger partial charge is 0.359 e. The third kappa shape index (κ3) is 3.95. The van der Waals surface area contributed by atoms with Gasteiger partial charge in [0.15, 0.2) is 23.8 Å². The summed E-state index contributed by atoms with van der Waals surface area (Å²) in [6.07, 6.45) is -0.353. The molecule has 0 bridgehead atoms. The molecule has 1 unspecified atom stereocenters. The van der Waals surface area contributed by atoms with E-state index >= 15 is 0 Å². The monoisotopic (exact) mass is 409 g/mol. The molecule has 9 nitrogen and oxygen atoms in total. The van der Waals surface area contributed by atoms with Crippen LogP contribution < -0.4 is 20.3 Å². The number of nitrogens with one attached hydrogen (secondary N) is 1. The van der Waals surface area contributed by atoms with Gasteiger partial charge in [-0.25, -0.2) is 9.48 Å².